The highest BCUT2D eigenvalue weighted by atomic mass is 127. The molecule has 0 aliphatic carbocycles. The van der Waals surface area contributed by atoms with Crippen molar-refractivity contribution in [3.05, 3.63) is 61.7 Å². The molecule has 308 valence electrons. The Kier molecular flexibility index (Phi) is 15.8. The van der Waals surface area contributed by atoms with E-state index in [1.165, 1.54) is 25.1 Å². The Balaban J connectivity index is 1.19. The molecule has 23 heteroatoms. The summed E-state index contributed by atoms with van der Waals surface area (Å²) in [5.41, 5.74) is 1.06. The predicted molar refractivity (Wildman–Crippen MR) is 217 cm³/mol. The first-order chi connectivity index (χ1) is 27.4. The summed E-state index contributed by atoms with van der Waals surface area (Å²) in [5, 5.41) is 48.5. The number of nitro groups is 2. The van der Waals surface area contributed by atoms with Crippen LogP contribution in [0, 0.1) is 20.2 Å². The quantitative estimate of drug-likeness (QED) is 0.0211. The van der Waals surface area contributed by atoms with E-state index in [1.807, 2.05) is 39.3 Å². The summed E-state index contributed by atoms with van der Waals surface area (Å²) in [6.07, 6.45) is 1.01. The van der Waals surface area contributed by atoms with Crippen LogP contribution in [0.25, 0.3) is 11.0 Å². The highest BCUT2D eigenvalue weighted by Crippen LogP contribution is 2.33. The summed E-state index contributed by atoms with van der Waals surface area (Å²) in [5.74, 6) is 0.600. The number of thioether (sulfide) groups is 1. The van der Waals surface area contributed by atoms with E-state index < -0.39 is 22.0 Å². The van der Waals surface area contributed by atoms with Crippen LogP contribution < -0.4 is 31.9 Å². The van der Waals surface area contributed by atoms with Crippen LogP contribution in [-0.4, -0.2) is 116 Å². The minimum atomic E-state index is -0.994. The molecule has 1 aromatic heterocycles. The fourth-order valence-electron chi connectivity index (χ4n) is 6.61. The van der Waals surface area contributed by atoms with Gasteiger partial charge in [0.25, 0.3) is 5.69 Å². The maximum atomic E-state index is 12.8. The zero-order valence-corrected chi connectivity index (χ0v) is 34.0. The lowest BCUT2D eigenvalue weighted by atomic mass is 10.0. The van der Waals surface area contributed by atoms with E-state index in [0.717, 1.165) is 18.6 Å². The molecule has 57 heavy (non-hydrogen) atoms. The third-order valence-electron chi connectivity index (χ3n) is 9.42. The molecule has 4 atom stereocenters. The number of nitrogens with zero attached hydrogens (tertiary/aromatic N) is 5. The molecule has 6 N–H and O–H groups in total. The van der Waals surface area contributed by atoms with Crippen LogP contribution in [0.4, 0.5) is 26.7 Å². The molecule has 0 bridgehead atoms. The smallest absolute Gasteiger partial charge is 0.407 e. The Morgan fingerprint density at radius 1 is 0.982 bits per heavy atom. The molecule has 21 nitrogen and oxygen atoms in total. The molecule has 2 aliphatic heterocycles. The monoisotopic (exact) mass is 925 g/mol. The first-order valence-electron chi connectivity index (χ1n) is 18.3. The Bertz CT molecular complexity index is 1940. The highest BCUT2D eigenvalue weighted by molar-refractivity contribution is 14.1. The second kappa shape index (κ2) is 20.9. The topological polar surface area (TPSA) is 278 Å². The van der Waals surface area contributed by atoms with Crippen molar-refractivity contribution in [2.24, 2.45) is 0 Å². The summed E-state index contributed by atoms with van der Waals surface area (Å²) in [6.45, 7) is 3.57. The van der Waals surface area contributed by atoms with Gasteiger partial charge in [-0.2, -0.15) is 11.8 Å². The third-order valence-corrected chi connectivity index (χ3v) is 11.6. The average Bonchev–Trinajstić information content (AvgIpc) is 3.91. The molecule has 5 amide bonds. The normalized spacial score (nSPS) is 17.7. The molecule has 3 aromatic rings. The van der Waals surface area contributed by atoms with Crippen molar-refractivity contribution >= 4 is 86.4 Å². The number of urea groups is 1. The first-order valence-corrected chi connectivity index (χ1v) is 20.9. The van der Waals surface area contributed by atoms with Gasteiger partial charge < -0.3 is 36.6 Å². The van der Waals surface area contributed by atoms with Gasteiger partial charge in [-0.25, -0.2) is 14.2 Å². The van der Waals surface area contributed by atoms with Gasteiger partial charge in [0.1, 0.15) is 6.10 Å². The molecule has 3 heterocycles. The van der Waals surface area contributed by atoms with Gasteiger partial charge in [-0.15, -0.1) is 0 Å². The molecule has 0 radical (unpaired) electrons. The number of non-ortho nitro benzene ring substituents is 1. The number of hydrogen-bond acceptors (Lipinski definition) is 15. The molecule has 2 fully saturated rings. The number of nitro benzene ring substituents is 2. The third kappa shape index (κ3) is 12.2. The lowest BCUT2D eigenvalue weighted by molar-refractivity contribution is -0.386. The van der Waals surface area contributed by atoms with E-state index >= 15 is 0 Å². The Morgan fingerprint density at radius 3 is 2.47 bits per heavy atom. The SMILES string of the molecule is CC(OC(=O)NCCNC(=O)CI)c1cc(CN(CCNC(=O)CCCCC2SCC3NC(=O)NC32)CCNc2ccc([N+](=O)[O-])c3nonc23)ccc1[N+](=O)[O-]. The Hall–Kier alpha value is -5.04. The van der Waals surface area contributed by atoms with Crippen molar-refractivity contribution in [3.8, 4) is 0 Å². The number of amides is 5. The minimum absolute atomic E-state index is 0.00414. The van der Waals surface area contributed by atoms with Crippen molar-refractivity contribution in [1.82, 2.24) is 41.8 Å². The van der Waals surface area contributed by atoms with Crippen LogP contribution in [0.2, 0.25) is 0 Å². The minimum Gasteiger partial charge on any atom is -0.441 e. The molecular weight excluding hydrogens is 881 g/mol. The average molecular weight is 926 g/mol. The molecule has 2 aromatic carbocycles. The lowest BCUT2D eigenvalue weighted by Gasteiger charge is -2.24. The van der Waals surface area contributed by atoms with Gasteiger partial charge in [0.05, 0.1) is 37.6 Å². The molecular formula is C34H44IN11O10S. The number of nitrogens with one attached hydrogen (secondary N) is 6. The zero-order valence-electron chi connectivity index (χ0n) is 31.0. The van der Waals surface area contributed by atoms with Gasteiger partial charge in [-0.05, 0) is 47.8 Å². The highest BCUT2D eigenvalue weighted by Gasteiger charge is 2.42. The number of carbonyl (C=O) groups excluding carboxylic acids is 4. The summed E-state index contributed by atoms with van der Waals surface area (Å²) in [6, 6.07) is 7.54. The fraction of sp³-hybridized carbons (Fsp3) is 0.529. The number of benzene rings is 2. The lowest BCUT2D eigenvalue weighted by Crippen LogP contribution is -2.37. The summed E-state index contributed by atoms with van der Waals surface area (Å²) in [7, 11) is 0. The van der Waals surface area contributed by atoms with Gasteiger partial charge in [0.2, 0.25) is 17.3 Å². The van der Waals surface area contributed by atoms with Crippen molar-refractivity contribution < 1.29 is 38.4 Å². The molecule has 2 aliphatic rings. The molecule has 0 saturated carbocycles. The van der Waals surface area contributed by atoms with E-state index in [-0.39, 0.29) is 75.4 Å². The van der Waals surface area contributed by atoms with E-state index in [4.69, 9.17) is 9.37 Å². The van der Waals surface area contributed by atoms with Gasteiger partial charge in [-0.3, -0.25) is 34.7 Å². The van der Waals surface area contributed by atoms with Crippen LogP contribution in [0.1, 0.15) is 49.8 Å². The van der Waals surface area contributed by atoms with Crippen LogP contribution in [-0.2, 0) is 20.9 Å². The van der Waals surface area contributed by atoms with Crippen molar-refractivity contribution in [1.29, 1.82) is 0 Å². The van der Waals surface area contributed by atoms with E-state index in [0.29, 0.717) is 62.1 Å². The van der Waals surface area contributed by atoms with Crippen LogP contribution in [0.15, 0.2) is 35.0 Å². The van der Waals surface area contributed by atoms with Crippen LogP contribution >= 0.6 is 34.4 Å². The number of alkyl halides is 1. The van der Waals surface area contributed by atoms with Gasteiger partial charge in [0.15, 0.2) is 5.52 Å². The number of unbranched alkanes of at least 4 members (excludes halogenated alkanes) is 1. The Labute approximate surface area is 344 Å². The molecule has 0 spiro atoms. The maximum absolute atomic E-state index is 12.8. The maximum Gasteiger partial charge on any atom is 0.407 e. The zero-order chi connectivity index (χ0) is 40.9. The first kappa shape index (κ1) is 43.1. The standard InChI is InChI=1S/C34H44IN11O10S/c1-20(55-34(50)39-11-10-37-29(48)17-35)22-16-21(6-8-25(22)45(51)52)18-44(14-12-36-23-7-9-26(46(53)54)32-31(23)42-56-43-32)15-13-38-28(47)5-3-2-4-27-30-24(19-57-27)40-33(49)41-30/h6-9,16,20,24,27,30,36H,2-5,10-15,17-19H2,1H3,(H,37,48)(H,38,47)(H,39,50)(H2,40,41,49). The Morgan fingerprint density at radius 2 is 1.70 bits per heavy atom. The van der Waals surface area contributed by atoms with Crippen molar-refractivity contribution in [2.45, 2.75) is 62.6 Å². The second-order valence-corrected chi connectivity index (χ2v) is 15.4. The largest absolute Gasteiger partial charge is 0.441 e. The number of aromatic nitrogens is 2. The number of carbonyl (C=O) groups is 4. The number of rotatable bonds is 22. The molecule has 2 saturated heterocycles. The van der Waals surface area contributed by atoms with Gasteiger partial charge >= 0.3 is 17.8 Å². The van der Waals surface area contributed by atoms with Gasteiger partial charge in [-0.1, -0.05) is 35.1 Å². The number of hydrogen-bond donors (Lipinski definition) is 6. The van der Waals surface area contributed by atoms with E-state index in [2.05, 4.69) is 42.2 Å². The summed E-state index contributed by atoms with van der Waals surface area (Å²) >= 11 is 3.75. The predicted octanol–water partition coefficient (Wildman–Crippen LogP) is 3.13. The van der Waals surface area contributed by atoms with Crippen molar-refractivity contribution in [2.75, 3.05) is 54.8 Å². The number of alkyl carbamates (subject to hydrolysis) is 1. The molecule has 5 rings (SSSR count). The number of anilines is 1. The van der Waals surface area contributed by atoms with Gasteiger partial charge in [0, 0.05) is 75.4 Å². The fourth-order valence-corrected chi connectivity index (χ4v) is 8.42. The van der Waals surface area contributed by atoms with Crippen LogP contribution in [0.3, 0.4) is 0 Å². The van der Waals surface area contributed by atoms with Crippen molar-refractivity contribution in [3.63, 3.8) is 0 Å². The number of fused-ring (bicyclic) bond motifs is 2. The van der Waals surface area contributed by atoms with E-state index in [1.54, 1.807) is 12.1 Å². The number of halogens is 1. The summed E-state index contributed by atoms with van der Waals surface area (Å²) < 4.78 is 10.5. The van der Waals surface area contributed by atoms with E-state index in [9.17, 15) is 39.4 Å². The van der Waals surface area contributed by atoms with Crippen LogP contribution in [0.5, 0.6) is 0 Å². The summed E-state index contributed by atoms with van der Waals surface area (Å²) in [4.78, 5) is 72.7. The second-order valence-electron chi connectivity index (χ2n) is 13.4. The number of ether oxygens (including phenoxy) is 1. The molecule has 4 unspecified atom stereocenters.